The molecule has 3 heterocycles. The molecular weight excluding hydrogens is 484 g/mol. The molecule has 0 radical (unpaired) electrons. The summed E-state index contributed by atoms with van der Waals surface area (Å²) < 4.78 is 12.9. The molecule has 0 bridgehead atoms. The second-order valence-electron chi connectivity index (χ2n) is 8.27. The lowest BCUT2D eigenvalue weighted by Crippen LogP contribution is -2.36. The van der Waals surface area contributed by atoms with Gasteiger partial charge in [0.25, 0.3) is 11.5 Å². The average molecular weight is 511 g/mol. The first-order valence-electron chi connectivity index (χ1n) is 11.4. The van der Waals surface area contributed by atoms with Gasteiger partial charge in [-0.25, -0.2) is 0 Å². The quantitative estimate of drug-likeness (QED) is 0.433. The molecule has 8 nitrogen and oxygen atoms in total. The van der Waals surface area contributed by atoms with E-state index >= 15 is 0 Å². The number of amides is 1. The third-order valence-electron chi connectivity index (χ3n) is 6.22. The monoisotopic (exact) mass is 510 g/mol. The van der Waals surface area contributed by atoms with E-state index < -0.39 is 0 Å². The summed E-state index contributed by atoms with van der Waals surface area (Å²) in [6.45, 7) is 8.48. The molecule has 0 spiro atoms. The second kappa shape index (κ2) is 10.1. The smallest absolute Gasteiger partial charge is 0.270 e. The Kier molecular flexibility index (Phi) is 7.19. The number of pyridine rings is 1. The number of thiocarbonyl (C=S) groups is 1. The topological polar surface area (TPSA) is 96.6 Å². The van der Waals surface area contributed by atoms with Crippen LogP contribution in [0.15, 0.2) is 27.9 Å². The van der Waals surface area contributed by atoms with Crippen LogP contribution < -0.4 is 20.3 Å². The predicted octanol–water partition coefficient (Wildman–Crippen LogP) is 4.39. The SMILES string of the molecule is CCC(C)N1C(=O)/C(=C\c2c(C)c(C#N)c(=O)n(CC)c2NCc2ccc3c(c2)OCO3)SC1=S. The standard InChI is InChI=1S/C25H26N4O4S2/c1-5-14(3)29-24(31)21(35-25(29)34)10-17-15(4)18(11-26)23(30)28(6-2)22(17)27-12-16-7-8-19-20(9-16)33-13-32-19/h7-10,14,27H,5-6,12-13H2,1-4H3/b21-10+. The molecule has 1 fully saturated rings. The maximum absolute atomic E-state index is 13.2. The Balaban J connectivity index is 1.78. The van der Waals surface area contributed by atoms with E-state index in [0.29, 0.717) is 50.8 Å². The van der Waals surface area contributed by atoms with Gasteiger partial charge in [-0.05, 0) is 56.5 Å². The zero-order chi connectivity index (χ0) is 25.3. The number of hydrogen-bond acceptors (Lipinski definition) is 8. The van der Waals surface area contributed by atoms with Crippen LogP contribution in [0.3, 0.4) is 0 Å². The summed E-state index contributed by atoms with van der Waals surface area (Å²) >= 11 is 6.71. The zero-order valence-corrected chi connectivity index (χ0v) is 21.6. The van der Waals surface area contributed by atoms with Crippen LogP contribution in [-0.2, 0) is 17.9 Å². The van der Waals surface area contributed by atoms with Crippen LogP contribution in [0.5, 0.6) is 11.5 Å². The number of carbonyl (C=O) groups is 1. The van der Waals surface area contributed by atoms with Gasteiger partial charge < -0.3 is 14.8 Å². The number of nitriles is 1. The minimum Gasteiger partial charge on any atom is -0.454 e. The first-order chi connectivity index (χ1) is 16.8. The van der Waals surface area contributed by atoms with Gasteiger partial charge in [0.15, 0.2) is 11.5 Å². The fourth-order valence-corrected chi connectivity index (χ4v) is 5.51. The van der Waals surface area contributed by atoms with Crippen LogP contribution in [0, 0.1) is 18.3 Å². The fraction of sp³-hybridized carbons (Fsp3) is 0.360. The lowest BCUT2D eigenvalue weighted by molar-refractivity contribution is -0.123. The van der Waals surface area contributed by atoms with Gasteiger partial charge in [-0.1, -0.05) is 37.0 Å². The first kappa shape index (κ1) is 24.8. The summed E-state index contributed by atoms with van der Waals surface area (Å²) in [5, 5.41) is 13.1. The van der Waals surface area contributed by atoms with E-state index in [2.05, 4.69) is 5.32 Å². The summed E-state index contributed by atoms with van der Waals surface area (Å²) in [7, 11) is 0. The maximum Gasteiger partial charge on any atom is 0.270 e. The van der Waals surface area contributed by atoms with Crippen molar-refractivity contribution in [3.63, 3.8) is 0 Å². The predicted molar refractivity (Wildman–Crippen MR) is 140 cm³/mol. The van der Waals surface area contributed by atoms with Gasteiger partial charge in [-0.3, -0.25) is 19.1 Å². The number of hydrogen-bond donors (Lipinski definition) is 1. The highest BCUT2D eigenvalue weighted by molar-refractivity contribution is 8.26. The molecule has 1 aromatic heterocycles. The summed E-state index contributed by atoms with van der Waals surface area (Å²) in [5.74, 6) is 1.74. The summed E-state index contributed by atoms with van der Waals surface area (Å²) in [6.07, 6.45) is 2.52. The highest BCUT2D eigenvalue weighted by Gasteiger charge is 2.35. The molecule has 1 aromatic carbocycles. The van der Waals surface area contributed by atoms with Gasteiger partial charge in [0.05, 0.1) is 4.91 Å². The molecule has 2 aromatic rings. The van der Waals surface area contributed by atoms with Gasteiger partial charge in [0.1, 0.15) is 21.8 Å². The number of anilines is 1. The van der Waals surface area contributed by atoms with Gasteiger partial charge in [-0.2, -0.15) is 5.26 Å². The van der Waals surface area contributed by atoms with E-state index in [1.807, 2.05) is 45.0 Å². The van der Waals surface area contributed by atoms with Crippen LogP contribution in [0.1, 0.15) is 49.4 Å². The van der Waals surface area contributed by atoms with E-state index in [1.165, 1.54) is 16.3 Å². The van der Waals surface area contributed by atoms with Crippen LogP contribution in [0.25, 0.3) is 6.08 Å². The van der Waals surface area contributed by atoms with Crippen molar-refractivity contribution in [3.05, 3.63) is 55.7 Å². The van der Waals surface area contributed by atoms with Crippen LogP contribution in [0.2, 0.25) is 0 Å². The summed E-state index contributed by atoms with van der Waals surface area (Å²) in [5.41, 5.74) is 1.76. The van der Waals surface area contributed by atoms with Crippen LogP contribution in [0.4, 0.5) is 5.82 Å². The Hall–Kier alpha value is -3.29. The average Bonchev–Trinajstić information content (AvgIpc) is 3.42. The fourth-order valence-electron chi connectivity index (χ4n) is 4.07. The molecule has 0 saturated carbocycles. The van der Waals surface area contributed by atoms with Crippen molar-refractivity contribution in [2.75, 3.05) is 12.1 Å². The van der Waals surface area contributed by atoms with Crippen LogP contribution in [-0.4, -0.2) is 32.5 Å². The minimum atomic E-state index is -0.370. The Labute approximate surface area is 213 Å². The zero-order valence-electron chi connectivity index (χ0n) is 20.0. The number of benzene rings is 1. The first-order valence-corrected chi connectivity index (χ1v) is 12.6. The normalized spacial score (nSPS) is 16.7. The summed E-state index contributed by atoms with van der Waals surface area (Å²) in [6, 6.07) is 7.67. The molecule has 1 atom stereocenters. The van der Waals surface area contributed by atoms with Crippen molar-refractivity contribution < 1.29 is 14.3 Å². The Morgan fingerprint density at radius 3 is 2.71 bits per heavy atom. The number of nitrogens with one attached hydrogen (secondary N) is 1. The third kappa shape index (κ3) is 4.54. The van der Waals surface area contributed by atoms with E-state index in [9.17, 15) is 14.9 Å². The number of carbonyl (C=O) groups excluding carboxylic acids is 1. The molecule has 1 N–H and O–H groups in total. The molecule has 1 amide bonds. The lowest BCUT2D eigenvalue weighted by atomic mass is 10.0. The van der Waals surface area contributed by atoms with Gasteiger partial charge >= 0.3 is 0 Å². The van der Waals surface area contributed by atoms with E-state index in [0.717, 1.165) is 12.0 Å². The minimum absolute atomic E-state index is 0.0163. The van der Waals surface area contributed by atoms with Gasteiger partial charge in [-0.15, -0.1) is 0 Å². The van der Waals surface area contributed by atoms with E-state index in [-0.39, 0.29) is 29.9 Å². The molecule has 35 heavy (non-hydrogen) atoms. The number of rotatable bonds is 7. The van der Waals surface area contributed by atoms with Crippen molar-refractivity contribution in [1.29, 1.82) is 5.26 Å². The number of nitrogens with zero attached hydrogens (tertiary/aromatic N) is 3. The van der Waals surface area contributed by atoms with Crippen molar-refractivity contribution in [2.24, 2.45) is 0 Å². The lowest BCUT2D eigenvalue weighted by Gasteiger charge is -2.21. The van der Waals surface area contributed by atoms with Crippen molar-refractivity contribution in [1.82, 2.24) is 9.47 Å². The molecule has 2 aliphatic heterocycles. The highest BCUT2D eigenvalue weighted by atomic mass is 32.2. The molecular formula is C25H26N4O4S2. The van der Waals surface area contributed by atoms with Gasteiger partial charge in [0.2, 0.25) is 6.79 Å². The maximum atomic E-state index is 13.2. The molecule has 4 rings (SSSR count). The largest absolute Gasteiger partial charge is 0.454 e. The van der Waals surface area contributed by atoms with Crippen molar-refractivity contribution in [2.45, 2.75) is 53.2 Å². The summed E-state index contributed by atoms with van der Waals surface area (Å²) in [4.78, 5) is 28.3. The Bertz CT molecular complexity index is 1340. The molecule has 10 heteroatoms. The van der Waals surface area contributed by atoms with Crippen molar-refractivity contribution >= 4 is 46.1 Å². The number of aromatic nitrogens is 1. The molecule has 1 unspecified atom stereocenters. The number of fused-ring (bicyclic) bond motifs is 1. The Morgan fingerprint density at radius 1 is 1.29 bits per heavy atom. The third-order valence-corrected chi connectivity index (χ3v) is 7.55. The van der Waals surface area contributed by atoms with E-state index in [4.69, 9.17) is 21.7 Å². The molecule has 1 saturated heterocycles. The van der Waals surface area contributed by atoms with E-state index in [1.54, 1.807) is 17.9 Å². The highest BCUT2D eigenvalue weighted by Crippen LogP contribution is 2.37. The van der Waals surface area contributed by atoms with Crippen molar-refractivity contribution in [3.8, 4) is 17.6 Å². The Morgan fingerprint density at radius 2 is 2.03 bits per heavy atom. The van der Waals surface area contributed by atoms with Crippen LogP contribution >= 0.6 is 24.0 Å². The molecule has 182 valence electrons. The van der Waals surface area contributed by atoms with Gasteiger partial charge in [0, 0.05) is 24.7 Å². The second-order valence-corrected chi connectivity index (χ2v) is 9.95. The molecule has 2 aliphatic rings. The number of ether oxygens (including phenoxy) is 2. The molecule has 0 aliphatic carbocycles. The number of thioether (sulfide) groups is 1.